The maximum Gasteiger partial charge on any atom is 0.317 e. The first-order valence-corrected chi connectivity index (χ1v) is 10.8. The highest BCUT2D eigenvalue weighted by atomic mass is 79.9. The zero-order chi connectivity index (χ0) is 20.6. The third-order valence-corrected chi connectivity index (χ3v) is 7.17. The van der Waals surface area contributed by atoms with Crippen LogP contribution in [0.15, 0.2) is 61.4 Å². The highest BCUT2D eigenvalue weighted by Gasteiger charge is 2.20. The Labute approximate surface area is 171 Å². The maximum absolute atomic E-state index is 12.8. The number of hydrogen-bond donors (Lipinski definition) is 0. The molecule has 0 unspecified atom stereocenters. The van der Waals surface area contributed by atoms with Crippen LogP contribution in [0.25, 0.3) is 11.0 Å². The van der Waals surface area contributed by atoms with E-state index >= 15 is 0 Å². The summed E-state index contributed by atoms with van der Waals surface area (Å²) in [5.41, 5.74) is 0.386. The molecule has 1 aromatic heterocycles. The summed E-state index contributed by atoms with van der Waals surface area (Å²) in [6.07, 6.45) is 0. The number of rotatable bonds is 5. The number of fused-ring (bicyclic) bond motifs is 1. The Morgan fingerprint density at radius 3 is 2.21 bits per heavy atom. The van der Waals surface area contributed by atoms with Crippen LogP contribution in [-0.4, -0.2) is 36.0 Å². The van der Waals surface area contributed by atoms with E-state index in [9.17, 15) is 18.0 Å². The maximum atomic E-state index is 12.8. The fourth-order valence-electron chi connectivity index (χ4n) is 3.04. The molecule has 0 bridgehead atoms. The monoisotopic (exact) mass is 465 g/mol. The zero-order valence-electron chi connectivity index (χ0n) is 15.7. The Kier molecular flexibility index (Phi) is 5.60. The summed E-state index contributed by atoms with van der Waals surface area (Å²) < 4.78 is 29.7. The van der Waals surface area contributed by atoms with Crippen LogP contribution in [-0.2, 0) is 23.1 Å². The summed E-state index contributed by atoms with van der Waals surface area (Å²) in [7, 11) is -0.797. The summed E-state index contributed by atoms with van der Waals surface area (Å²) in [5, 5.41) is 0. The van der Waals surface area contributed by atoms with E-state index in [1.165, 1.54) is 35.4 Å². The number of hydrogen-bond acceptors (Lipinski definition) is 4. The molecule has 0 saturated carbocycles. The van der Waals surface area contributed by atoms with Crippen LogP contribution < -0.4 is 11.1 Å². The van der Waals surface area contributed by atoms with E-state index < -0.39 is 21.1 Å². The van der Waals surface area contributed by atoms with Gasteiger partial charge in [-0.2, -0.15) is 0 Å². The second-order valence-electron chi connectivity index (χ2n) is 6.47. The molecule has 148 valence electrons. The van der Waals surface area contributed by atoms with Gasteiger partial charge in [0.25, 0.3) is 0 Å². The quantitative estimate of drug-likeness (QED) is 0.541. The average molecular weight is 466 g/mol. The van der Waals surface area contributed by atoms with Crippen LogP contribution in [0.4, 0.5) is 0 Å². The van der Waals surface area contributed by atoms with Crippen LogP contribution in [0.5, 0.6) is 0 Å². The first kappa shape index (κ1) is 20.5. The van der Waals surface area contributed by atoms with Crippen molar-refractivity contribution >= 4 is 37.0 Å². The van der Waals surface area contributed by atoms with Gasteiger partial charge in [0, 0.05) is 25.1 Å². The second kappa shape index (κ2) is 7.65. The molecular formula is C19H20BrN3O4S. The Balaban J connectivity index is 2.38. The van der Waals surface area contributed by atoms with Crippen molar-refractivity contribution in [3.63, 3.8) is 0 Å². The minimum atomic E-state index is -3.69. The van der Waals surface area contributed by atoms with E-state index in [-0.39, 0.29) is 11.4 Å². The predicted octanol–water partition coefficient (Wildman–Crippen LogP) is 2.24. The molecule has 7 nitrogen and oxygen atoms in total. The third-order valence-electron chi connectivity index (χ3n) is 4.58. The topological polar surface area (TPSA) is 81.4 Å². The van der Waals surface area contributed by atoms with E-state index in [0.29, 0.717) is 17.6 Å². The molecule has 3 rings (SSSR count). The van der Waals surface area contributed by atoms with Gasteiger partial charge in [-0.1, -0.05) is 34.1 Å². The van der Waals surface area contributed by atoms with Gasteiger partial charge in [0.05, 0.1) is 22.5 Å². The van der Waals surface area contributed by atoms with Crippen molar-refractivity contribution < 1.29 is 8.42 Å². The summed E-state index contributed by atoms with van der Waals surface area (Å²) in [4.78, 5) is 25.5. The van der Waals surface area contributed by atoms with Crippen molar-refractivity contribution in [1.82, 2.24) is 13.4 Å². The fraction of sp³-hybridized carbons (Fsp3) is 0.263. The van der Waals surface area contributed by atoms with E-state index in [4.69, 9.17) is 0 Å². The molecule has 3 aromatic rings. The van der Waals surface area contributed by atoms with Gasteiger partial charge in [-0.05, 0) is 36.8 Å². The smallest absolute Gasteiger partial charge is 0.302 e. The van der Waals surface area contributed by atoms with Gasteiger partial charge in [-0.25, -0.2) is 12.7 Å². The van der Waals surface area contributed by atoms with Gasteiger partial charge in [0.1, 0.15) is 0 Å². The van der Waals surface area contributed by atoms with Gasteiger partial charge in [-0.15, -0.1) is 0 Å². The average Bonchev–Trinajstić information content (AvgIpc) is 2.66. The highest BCUT2D eigenvalue weighted by Crippen LogP contribution is 2.22. The SMILES string of the molecule is CCn1c(=O)c(=O)n(Cc2ccccc2Br)c2cc(S(=O)(=O)N(C)C)ccc21. The van der Waals surface area contributed by atoms with Crippen molar-refractivity contribution in [2.75, 3.05) is 14.1 Å². The Bertz CT molecular complexity index is 1280. The van der Waals surface area contributed by atoms with E-state index in [0.717, 1.165) is 14.3 Å². The van der Waals surface area contributed by atoms with Gasteiger partial charge in [0.2, 0.25) is 10.0 Å². The van der Waals surface area contributed by atoms with E-state index in [2.05, 4.69) is 15.9 Å². The van der Waals surface area contributed by atoms with Crippen LogP contribution in [0.2, 0.25) is 0 Å². The number of halogens is 1. The molecule has 0 amide bonds. The standard InChI is InChI=1S/C19H20BrN3O4S/c1-4-22-16-10-9-14(28(26,27)21(2)3)11-17(16)23(19(25)18(22)24)12-13-7-5-6-8-15(13)20/h5-11H,4,12H2,1-3H3. The summed E-state index contributed by atoms with van der Waals surface area (Å²) in [5.74, 6) is 0. The predicted molar refractivity (Wildman–Crippen MR) is 112 cm³/mol. The van der Waals surface area contributed by atoms with Gasteiger partial charge < -0.3 is 4.57 Å². The van der Waals surface area contributed by atoms with Crippen LogP contribution in [0, 0.1) is 0 Å². The molecule has 0 saturated heterocycles. The van der Waals surface area contributed by atoms with Crippen molar-refractivity contribution in [1.29, 1.82) is 0 Å². The molecule has 0 aliphatic rings. The number of aryl methyl sites for hydroxylation is 1. The van der Waals surface area contributed by atoms with Crippen molar-refractivity contribution in [3.8, 4) is 0 Å². The molecule has 28 heavy (non-hydrogen) atoms. The van der Waals surface area contributed by atoms with Crippen LogP contribution in [0.3, 0.4) is 0 Å². The Hall–Kier alpha value is -2.23. The summed E-state index contributed by atoms with van der Waals surface area (Å²) in [6.45, 7) is 2.21. The molecule has 2 aromatic carbocycles. The number of benzene rings is 2. The summed E-state index contributed by atoms with van der Waals surface area (Å²) >= 11 is 3.45. The molecule has 9 heteroatoms. The van der Waals surface area contributed by atoms with E-state index in [1.807, 2.05) is 24.3 Å². The molecule has 0 atom stereocenters. The molecule has 0 aliphatic heterocycles. The first-order valence-electron chi connectivity index (χ1n) is 8.61. The summed E-state index contributed by atoms with van der Waals surface area (Å²) in [6, 6.07) is 11.9. The molecular weight excluding hydrogens is 446 g/mol. The van der Waals surface area contributed by atoms with Gasteiger partial charge in [-0.3, -0.25) is 14.2 Å². The van der Waals surface area contributed by atoms with Crippen molar-refractivity contribution in [2.24, 2.45) is 0 Å². The van der Waals surface area contributed by atoms with Crippen molar-refractivity contribution in [3.05, 3.63) is 73.2 Å². The number of aromatic nitrogens is 2. The van der Waals surface area contributed by atoms with Gasteiger partial charge in [0.15, 0.2) is 0 Å². The Morgan fingerprint density at radius 1 is 0.964 bits per heavy atom. The molecule has 0 fully saturated rings. The lowest BCUT2D eigenvalue weighted by Crippen LogP contribution is -2.41. The highest BCUT2D eigenvalue weighted by molar-refractivity contribution is 9.10. The van der Waals surface area contributed by atoms with Crippen molar-refractivity contribution in [2.45, 2.75) is 24.9 Å². The largest absolute Gasteiger partial charge is 0.317 e. The number of nitrogens with zero attached hydrogens (tertiary/aromatic N) is 3. The normalized spacial score (nSPS) is 12.0. The Morgan fingerprint density at radius 2 is 1.61 bits per heavy atom. The van der Waals surface area contributed by atoms with Gasteiger partial charge >= 0.3 is 11.1 Å². The lowest BCUT2D eigenvalue weighted by Gasteiger charge is -2.17. The molecule has 0 N–H and O–H groups in total. The minimum Gasteiger partial charge on any atom is -0.302 e. The fourth-order valence-corrected chi connectivity index (χ4v) is 4.37. The van der Waals surface area contributed by atoms with Crippen LogP contribution >= 0.6 is 15.9 Å². The molecule has 1 heterocycles. The third kappa shape index (κ3) is 3.45. The molecule has 0 aliphatic carbocycles. The first-order chi connectivity index (χ1) is 13.2. The zero-order valence-corrected chi connectivity index (χ0v) is 18.1. The lowest BCUT2D eigenvalue weighted by atomic mass is 10.2. The lowest BCUT2D eigenvalue weighted by molar-refractivity contribution is 0.521. The molecule has 0 spiro atoms. The van der Waals surface area contributed by atoms with Crippen LogP contribution in [0.1, 0.15) is 12.5 Å². The minimum absolute atomic E-state index is 0.0616. The second-order valence-corrected chi connectivity index (χ2v) is 9.48. The molecule has 0 radical (unpaired) electrons. The number of sulfonamides is 1. The van der Waals surface area contributed by atoms with E-state index in [1.54, 1.807) is 13.0 Å².